The van der Waals surface area contributed by atoms with Crippen LogP contribution in [0, 0.1) is 21.7 Å². The summed E-state index contributed by atoms with van der Waals surface area (Å²) in [6, 6.07) is 0.813. The van der Waals surface area contributed by atoms with Crippen molar-refractivity contribution in [3.05, 3.63) is 39.4 Å². The average Bonchev–Trinajstić information content (AvgIpc) is 2.37. The number of carbonyl (C=O) groups is 1. The summed E-state index contributed by atoms with van der Waals surface area (Å²) in [7, 11) is 0. The fourth-order valence-electron chi connectivity index (χ4n) is 1.61. The molecule has 1 aromatic rings. The van der Waals surface area contributed by atoms with Crippen molar-refractivity contribution in [3.63, 3.8) is 0 Å². The third kappa shape index (κ3) is 3.46. The number of benzene rings is 1. The molecule has 1 amide bonds. The van der Waals surface area contributed by atoms with Gasteiger partial charge in [0.1, 0.15) is 5.82 Å². The van der Waals surface area contributed by atoms with E-state index in [4.69, 9.17) is 0 Å². The number of nitro groups is 1. The van der Waals surface area contributed by atoms with Crippen molar-refractivity contribution >= 4 is 11.6 Å². The molecule has 0 fully saturated rings. The molecule has 1 rings (SSSR count). The van der Waals surface area contributed by atoms with Gasteiger partial charge in [-0.3, -0.25) is 14.9 Å². The van der Waals surface area contributed by atoms with Gasteiger partial charge in [-0.2, -0.15) is 4.39 Å². The van der Waals surface area contributed by atoms with Crippen molar-refractivity contribution < 1.29 is 18.5 Å². The van der Waals surface area contributed by atoms with E-state index in [0.717, 1.165) is 0 Å². The van der Waals surface area contributed by atoms with Crippen LogP contribution in [-0.4, -0.2) is 16.9 Å². The Labute approximate surface area is 108 Å². The SMILES string of the molecule is CCC(CC)NC(=O)c1cc(F)c([N+](=O)[O-])cc1F. The monoisotopic (exact) mass is 272 g/mol. The summed E-state index contributed by atoms with van der Waals surface area (Å²) in [4.78, 5) is 21.1. The minimum absolute atomic E-state index is 0.148. The normalized spacial score (nSPS) is 10.6. The van der Waals surface area contributed by atoms with Gasteiger partial charge in [-0.05, 0) is 18.9 Å². The Hall–Kier alpha value is -2.05. The molecular formula is C12H14F2N2O3. The van der Waals surface area contributed by atoms with Crippen LogP contribution in [0.15, 0.2) is 12.1 Å². The number of amides is 1. The van der Waals surface area contributed by atoms with Gasteiger partial charge in [0.2, 0.25) is 5.82 Å². The van der Waals surface area contributed by atoms with Gasteiger partial charge in [-0.25, -0.2) is 4.39 Å². The van der Waals surface area contributed by atoms with Gasteiger partial charge < -0.3 is 5.32 Å². The molecule has 7 heteroatoms. The van der Waals surface area contributed by atoms with Crippen LogP contribution < -0.4 is 5.32 Å². The van der Waals surface area contributed by atoms with E-state index >= 15 is 0 Å². The van der Waals surface area contributed by atoms with E-state index in [1.54, 1.807) is 0 Å². The second kappa shape index (κ2) is 6.21. The summed E-state index contributed by atoms with van der Waals surface area (Å²) in [5, 5.41) is 13.0. The first-order valence-corrected chi connectivity index (χ1v) is 5.84. The number of halogens is 2. The summed E-state index contributed by atoms with van der Waals surface area (Å²) in [5.74, 6) is -3.13. The number of hydrogen-bond acceptors (Lipinski definition) is 3. The van der Waals surface area contributed by atoms with Crippen LogP contribution in [0.5, 0.6) is 0 Å². The molecule has 0 radical (unpaired) electrons. The van der Waals surface area contributed by atoms with Crippen molar-refractivity contribution in [1.82, 2.24) is 5.32 Å². The predicted molar refractivity (Wildman–Crippen MR) is 64.8 cm³/mol. The Bertz CT molecular complexity index is 502. The van der Waals surface area contributed by atoms with Gasteiger partial charge in [0.05, 0.1) is 16.6 Å². The number of rotatable bonds is 5. The molecule has 0 spiro atoms. The van der Waals surface area contributed by atoms with Crippen molar-refractivity contribution in [2.24, 2.45) is 0 Å². The lowest BCUT2D eigenvalue weighted by Crippen LogP contribution is -2.34. The van der Waals surface area contributed by atoms with Gasteiger partial charge in [-0.15, -0.1) is 0 Å². The highest BCUT2D eigenvalue weighted by Gasteiger charge is 2.22. The molecule has 0 aliphatic heterocycles. The summed E-state index contributed by atoms with van der Waals surface area (Å²) in [5.41, 5.74) is -1.52. The fourth-order valence-corrected chi connectivity index (χ4v) is 1.61. The third-order valence-electron chi connectivity index (χ3n) is 2.80. The smallest absolute Gasteiger partial charge is 0.307 e. The number of carbonyl (C=O) groups excluding carboxylic acids is 1. The Morgan fingerprint density at radius 1 is 1.32 bits per heavy atom. The van der Waals surface area contributed by atoms with E-state index in [2.05, 4.69) is 5.32 Å². The zero-order valence-electron chi connectivity index (χ0n) is 10.6. The standard InChI is InChI=1S/C12H14F2N2O3/c1-3-7(4-2)15-12(17)8-5-10(14)11(16(18)19)6-9(8)13/h5-7H,3-4H2,1-2H3,(H,15,17). The average molecular weight is 272 g/mol. The lowest BCUT2D eigenvalue weighted by molar-refractivity contribution is -0.387. The van der Waals surface area contributed by atoms with Gasteiger partial charge in [0, 0.05) is 6.04 Å². The molecular weight excluding hydrogens is 258 g/mol. The second-order valence-electron chi connectivity index (χ2n) is 4.03. The molecule has 1 N–H and O–H groups in total. The summed E-state index contributed by atoms with van der Waals surface area (Å²) < 4.78 is 26.9. The van der Waals surface area contributed by atoms with E-state index in [1.807, 2.05) is 13.8 Å². The number of nitrogens with one attached hydrogen (secondary N) is 1. The molecule has 0 heterocycles. The highest BCUT2D eigenvalue weighted by Crippen LogP contribution is 2.21. The minimum atomic E-state index is -1.24. The van der Waals surface area contributed by atoms with Gasteiger partial charge in [0.15, 0.2) is 0 Å². The highest BCUT2D eigenvalue weighted by atomic mass is 19.1. The molecule has 1 aromatic carbocycles. The van der Waals surface area contributed by atoms with E-state index < -0.39 is 33.7 Å². The van der Waals surface area contributed by atoms with Crippen LogP contribution in [0.25, 0.3) is 0 Å². The summed E-state index contributed by atoms with van der Waals surface area (Å²) >= 11 is 0. The zero-order valence-corrected chi connectivity index (χ0v) is 10.6. The zero-order chi connectivity index (χ0) is 14.6. The molecule has 0 saturated carbocycles. The van der Waals surface area contributed by atoms with E-state index in [-0.39, 0.29) is 6.04 Å². The van der Waals surface area contributed by atoms with Crippen molar-refractivity contribution in [3.8, 4) is 0 Å². The van der Waals surface area contributed by atoms with Crippen LogP contribution in [0.3, 0.4) is 0 Å². The molecule has 0 aliphatic rings. The maximum Gasteiger partial charge on any atom is 0.307 e. The van der Waals surface area contributed by atoms with Crippen LogP contribution in [0.1, 0.15) is 37.0 Å². The molecule has 0 aliphatic carbocycles. The van der Waals surface area contributed by atoms with E-state index in [0.29, 0.717) is 25.0 Å². The summed E-state index contributed by atoms with van der Waals surface area (Å²) in [6.45, 7) is 3.70. The Balaban J connectivity index is 3.05. The predicted octanol–water partition coefficient (Wildman–Crippen LogP) is 2.79. The quantitative estimate of drug-likeness (QED) is 0.661. The second-order valence-corrected chi connectivity index (χ2v) is 4.03. The molecule has 104 valence electrons. The molecule has 19 heavy (non-hydrogen) atoms. The summed E-state index contributed by atoms with van der Waals surface area (Å²) in [6.07, 6.45) is 1.30. The topological polar surface area (TPSA) is 72.2 Å². The van der Waals surface area contributed by atoms with Gasteiger partial charge >= 0.3 is 5.69 Å². The number of nitro benzene ring substituents is 1. The molecule has 0 atom stereocenters. The highest BCUT2D eigenvalue weighted by molar-refractivity contribution is 5.94. The Morgan fingerprint density at radius 3 is 2.37 bits per heavy atom. The Morgan fingerprint density at radius 2 is 1.89 bits per heavy atom. The van der Waals surface area contributed by atoms with Crippen LogP contribution in [0.4, 0.5) is 14.5 Å². The minimum Gasteiger partial charge on any atom is -0.349 e. The van der Waals surface area contributed by atoms with Crippen LogP contribution in [-0.2, 0) is 0 Å². The Kier molecular flexibility index (Phi) is 4.91. The van der Waals surface area contributed by atoms with Gasteiger partial charge in [-0.1, -0.05) is 13.8 Å². The maximum absolute atomic E-state index is 13.6. The molecule has 0 aromatic heterocycles. The molecule has 5 nitrogen and oxygen atoms in total. The van der Waals surface area contributed by atoms with Crippen molar-refractivity contribution in [2.75, 3.05) is 0 Å². The van der Waals surface area contributed by atoms with Crippen molar-refractivity contribution in [2.45, 2.75) is 32.7 Å². The van der Waals surface area contributed by atoms with Crippen LogP contribution in [0.2, 0.25) is 0 Å². The lowest BCUT2D eigenvalue weighted by Gasteiger charge is -2.14. The molecule has 0 unspecified atom stereocenters. The molecule has 0 saturated heterocycles. The first-order chi connectivity index (χ1) is 8.90. The maximum atomic E-state index is 13.6. The van der Waals surface area contributed by atoms with Gasteiger partial charge in [0.25, 0.3) is 5.91 Å². The van der Waals surface area contributed by atoms with Crippen LogP contribution >= 0.6 is 0 Å². The van der Waals surface area contributed by atoms with E-state index in [9.17, 15) is 23.7 Å². The first kappa shape index (κ1) is 15.0. The van der Waals surface area contributed by atoms with Crippen molar-refractivity contribution in [1.29, 1.82) is 0 Å². The largest absolute Gasteiger partial charge is 0.349 e. The number of nitrogens with zero attached hydrogens (tertiary/aromatic N) is 1. The van der Waals surface area contributed by atoms with E-state index in [1.165, 1.54) is 0 Å². The molecule has 0 bridgehead atoms. The lowest BCUT2D eigenvalue weighted by atomic mass is 10.1. The first-order valence-electron chi connectivity index (χ1n) is 5.84. The fraction of sp³-hybridized carbons (Fsp3) is 0.417. The third-order valence-corrected chi connectivity index (χ3v) is 2.80. The number of hydrogen-bond donors (Lipinski definition) is 1.